The van der Waals surface area contributed by atoms with Gasteiger partial charge in [-0.3, -0.25) is 9.59 Å². The van der Waals surface area contributed by atoms with Crippen LogP contribution in [0.3, 0.4) is 0 Å². The second-order valence-corrected chi connectivity index (χ2v) is 10.5. The van der Waals surface area contributed by atoms with Gasteiger partial charge in [0.05, 0.1) is 31.1 Å². The van der Waals surface area contributed by atoms with E-state index in [1.54, 1.807) is 30.3 Å². The lowest BCUT2D eigenvalue weighted by atomic mass is 10.1. The first-order chi connectivity index (χ1) is 16.8. The molecular weight excluding hydrogens is 490 g/mol. The number of sulfone groups is 1. The van der Waals surface area contributed by atoms with E-state index in [-0.39, 0.29) is 21.7 Å². The maximum absolute atomic E-state index is 12.9. The Labute approximate surface area is 208 Å². The number of ether oxygens (including phenoxy) is 2. The summed E-state index contributed by atoms with van der Waals surface area (Å²) in [5.41, 5.74) is 0.723. The van der Waals surface area contributed by atoms with Crippen molar-refractivity contribution in [2.45, 2.75) is 41.1 Å². The van der Waals surface area contributed by atoms with Crippen LogP contribution in [0.15, 0.2) is 68.4 Å². The van der Waals surface area contributed by atoms with Crippen molar-refractivity contribution in [1.29, 1.82) is 0 Å². The van der Waals surface area contributed by atoms with E-state index < -0.39 is 20.3 Å². The molecule has 0 fully saturated rings. The van der Waals surface area contributed by atoms with Crippen molar-refractivity contribution in [3.8, 4) is 11.5 Å². The zero-order chi connectivity index (χ0) is 25.4. The lowest BCUT2D eigenvalue weighted by Crippen LogP contribution is -2.20. The standard InChI is InChI=1S/C24H27N3O6S2/c1-4-5-6-16-7-9-20(10-8-16)35(30,31)21-14-25-24(27-23(21)29)34-15-22(28)26-17-11-18(32-2)13-19(12-17)33-3/h7-14H,4-6,15H2,1-3H3,(H,26,28)(H,25,27,29). The lowest BCUT2D eigenvalue weighted by Gasteiger charge is -2.10. The van der Waals surface area contributed by atoms with Gasteiger partial charge in [0.25, 0.3) is 5.56 Å². The fourth-order valence-corrected chi connectivity index (χ4v) is 5.05. The molecule has 2 aromatic carbocycles. The molecule has 0 saturated heterocycles. The predicted molar refractivity (Wildman–Crippen MR) is 134 cm³/mol. The molecule has 186 valence electrons. The molecule has 1 aromatic heterocycles. The van der Waals surface area contributed by atoms with Gasteiger partial charge in [0, 0.05) is 23.9 Å². The highest BCUT2D eigenvalue weighted by atomic mass is 32.2. The summed E-state index contributed by atoms with van der Waals surface area (Å²) in [5, 5.41) is 2.84. The molecule has 0 atom stereocenters. The number of benzene rings is 2. The Morgan fingerprint density at radius 2 is 1.74 bits per heavy atom. The summed E-state index contributed by atoms with van der Waals surface area (Å²) in [7, 11) is -1.02. The number of aromatic amines is 1. The molecule has 0 unspecified atom stereocenters. The van der Waals surface area contributed by atoms with E-state index in [1.807, 2.05) is 0 Å². The van der Waals surface area contributed by atoms with Gasteiger partial charge in [-0.25, -0.2) is 13.4 Å². The number of aromatic nitrogens is 2. The van der Waals surface area contributed by atoms with Crippen molar-refractivity contribution in [2.24, 2.45) is 0 Å². The molecule has 0 saturated carbocycles. The highest BCUT2D eigenvalue weighted by Gasteiger charge is 2.22. The second-order valence-electron chi connectivity index (χ2n) is 7.57. The molecule has 1 amide bonds. The number of aryl methyl sites for hydroxylation is 1. The van der Waals surface area contributed by atoms with E-state index in [2.05, 4.69) is 22.2 Å². The van der Waals surface area contributed by atoms with Crippen molar-refractivity contribution in [3.05, 3.63) is 64.6 Å². The molecule has 0 aliphatic carbocycles. The summed E-state index contributed by atoms with van der Waals surface area (Å²) < 4.78 is 36.2. The van der Waals surface area contributed by atoms with Crippen LogP contribution in [0.1, 0.15) is 25.3 Å². The molecule has 11 heteroatoms. The summed E-state index contributed by atoms with van der Waals surface area (Å²) >= 11 is 0.970. The number of H-pyrrole nitrogens is 1. The Bertz CT molecular complexity index is 1320. The molecule has 0 aliphatic heterocycles. The first-order valence-corrected chi connectivity index (χ1v) is 13.3. The Morgan fingerprint density at radius 1 is 1.09 bits per heavy atom. The summed E-state index contributed by atoms with van der Waals surface area (Å²) in [4.78, 5) is 30.9. The molecule has 1 heterocycles. The number of amides is 1. The van der Waals surface area contributed by atoms with E-state index in [0.29, 0.717) is 17.2 Å². The first kappa shape index (κ1) is 26.3. The largest absolute Gasteiger partial charge is 0.497 e. The Balaban J connectivity index is 1.67. The van der Waals surface area contributed by atoms with Gasteiger partial charge >= 0.3 is 0 Å². The van der Waals surface area contributed by atoms with Crippen LogP contribution in [0.2, 0.25) is 0 Å². The van der Waals surface area contributed by atoms with Crippen LogP contribution in [0, 0.1) is 0 Å². The Kier molecular flexibility index (Phi) is 8.94. The SMILES string of the molecule is CCCCc1ccc(S(=O)(=O)c2cnc(SCC(=O)Nc3cc(OC)cc(OC)c3)[nH]c2=O)cc1. The fraction of sp³-hybridized carbons (Fsp3) is 0.292. The van der Waals surface area contributed by atoms with Crippen LogP contribution >= 0.6 is 11.8 Å². The third-order valence-corrected chi connectivity index (χ3v) is 7.71. The van der Waals surface area contributed by atoms with Crippen molar-refractivity contribution in [3.63, 3.8) is 0 Å². The van der Waals surface area contributed by atoms with Crippen LogP contribution in [0.25, 0.3) is 0 Å². The van der Waals surface area contributed by atoms with Crippen LogP contribution in [0.5, 0.6) is 11.5 Å². The molecule has 9 nitrogen and oxygen atoms in total. The van der Waals surface area contributed by atoms with Crippen molar-refractivity contribution >= 4 is 33.2 Å². The van der Waals surface area contributed by atoms with Crippen LogP contribution in [-0.4, -0.2) is 44.3 Å². The smallest absolute Gasteiger partial charge is 0.270 e. The third-order valence-electron chi connectivity index (χ3n) is 5.06. The van der Waals surface area contributed by atoms with Crippen molar-refractivity contribution < 1.29 is 22.7 Å². The van der Waals surface area contributed by atoms with Crippen LogP contribution < -0.4 is 20.3 Å². The zero-order valence-electron chi connectivity index (χ0n) is 19.7. The van der Waals surface area contributed by atoms with Gasteiger partial charge < -0.3 is 19.8 Å². The highest BCUT2D eigenvalue weighted by molar-refractivity contribution is 7.99. The number of carbonyl (C=O) groups is 1. The fourth-order valence-electron chi connectivity index (χ4n) is 3.19. The molecule has 0 bridgehead atoms. The van der Waals surface area contributed by atoms with Crippen molar-refractivity contribution in [2.75, 3.05) is 25.3 Å². The monoisotopic (exact) mass is 517 g/mol. The van der Waals surface area contributed by atoms with Gasteiger partial charge in [-0.15, -0.1) is 0 Å². The topological polar surface area (TPSA) is 127 Å². The number of methoxy groups -OCH3 is 2. The van der Waals surface area contributed by atoms with E-state index in [9.17, 15) is 18.0 Å². The average Bonchev–Trinajstić information content (AvgIpc) is 2.86. The minimum Gasteiger partial charge on any atom is -0.497 e. The number of rotatable bonds is 11. The minimum absolute atomic E-state index is 0.0264. The van der Waals surface area contributed by atoms with E-state index in [0.717, 1.165) is 42.8 Å². The number of nitrogens with one attached hydrogen (secondary N) is 2. The second kappa shape index (κ2) is 11.9. The number of hydrogen-bond donors (Lipinski definition) is 2. The highest BCUT2D eigenvalue weighted by Crippen LogP contribution is 2.26. The first-order valence-electron chi connectivity index (χ1n) is 10.9. The van der Waals surface area contributed by atoms with Crippen LogP contribution in [0.4, 0.5) is 5.69 Å². The van der Waals surface area contributed by atoms with Crippen molar-refractivity contribution in [1.82, 2.24) is 9.97 Å². The molecule has 0 aliphatic rings. The van der Waals surface area contributed by atoms with E-state index in [1.165, 1.54) is 26.4 Å². The molecule has 2 N–H and O–H groups in total. The van der Waals surface area contributed by atoms with E-state index in [4.69, 9.17) is 9.47 Å². The van der Waals surface area contributed by atoms with Gasteiger partial charge in [0.2, 0.25) is 15.7 Å². The number of hydrogen-bond acceptors (Lipinski definition) is 8. The lowest BCUT2D eigenvalue weighted by molar-refractivity contribution is -0.113. The molecule has 35 heavy (non-hydrogen) atoms. The minimum atomic E-state index is -4.03. The predicted octanol–water partition coefficient (Wildman–Crippen LogP) is 3.69. The number of nitrogens with zero attached hydrogens (tertiary/aromatic N) is 1. The summed E-state index contributed by atoms with van der Waals surface area (Å²) in [6, 6.07) is 11.5. The Morgan fingerprint density at radius 3 is 2.31 bits per heavy atom. The van der Waals surface area contributed by atoms with Gasteiger partial charge in [-0.2, -0.15) is 0 Å². The van der Waals surface area contributed by atoms with Crippen LogP contribution in [-0.2, 0) is 21.1 Å². The third kappa shape index (κ3) is 6.86. The normalized spacial score (nSPS) is 11.2. The van der Waals surface area contributed by atoms with Gasteiger partial charge in [0.1, 0.15) is 11.5 Å². The number of unbranched alkanes of at least 4 members (excludes halogenated alkanes) is 1. The van der Waals surface area contributed by atoms with Gasteiger partial charge in [-0.05, 0) is 30.5 Å². The Hall–Kier alpha value is -3.31. The quantitative estimate of drug-likeness (QED) is 0.291. The van der Waals surface area contributed by atoms with E-state index >= 15 is 0 Å². The molecule has 0 radical (unpaired) electrons. The number of carbonyl (C=O) groups excluding carboxylic acids is 1. The maximum atomic E-state index is 12.9. The number of anilines is 1. The average molecular weight is 518 g/mol. The molecule has 3 rings (SSSR count). The summed E-state index contributed by atoms with van der Waals surface area (Å²) in [6.45, 7) is 2.09. The summed E-state index contributed by atoms with van der Waals surface area (Å²) in [6.07, 6.45) is 3.94. The van der Waals surface area contributed by atoms with Gasteiger partial charge in [0.15, 0.2) is 10.1 Å². The summed E-state index contributed by atoms with van der Waals surface area (Å²) in [5.74, 6) is 0.623. The molecule has 3 aromatic rings. The molecule has 0 spiro atoms. The number of thioether (sulfide) groups is 1. The zero-order valence-corrected chi connectivity index (χ0v) is 21.3. The molecular formula is C24H27N3O6S2. The maximum Gasteiger partial charge on any atom is 0.270 e. The van der Waals surface area contributed by atoms with Gasteiger partial charge in [-0.1, -0.05) is 37.2 Å².